The van der Waals surface area contributed by atoms with Gasteiger partial charge in [0.2, 0.25) is 5.91 Å². The van der Waals surface area contributed by atoms with Crippen molar-refractivity contribution in [3.63, 3.8) is 0 Å². The van der Waals surface area contributed by atoms with Crippen LogP contribution in [0.5, 0.6) is 5.75 Å². The molecule has 5 heteroatoms. The molecule has 0 aliphatic heterocycles. The van der Waals surface area contributed by atoms with Crippen molar-refractivity contribution in [1.29, 1.82) is 0 Å². The molecule has 104 valence electrons. The van der Waals surface area contributed by atoms with Gasteiger partial charge in [0.1, 0.15) is 11.7 Å². The fraction of sp³-hybridized carbons (Fsp3) is 0.429. The zero-order valence-corrected chi connectivity index (χ0v) is 11.6. The Bertz CT molecular complexity index is 482. The fourth-order valence-electron chi connectivity index (χ4n) is 1.54. The lowest BCUT2D eigenvalue weighted by Crippen LogP contribution is -2.27. The maximum Gasteiger partial charge on any atom is 0.315 e. The van der Waals surface area contributed by atoms with E-state index >= 15 is 0 Å². The van der Waals surface area contributed by atoms with Crippen molar-refractivity contribution < 1.29 is 19.4 Å². The Hall–Kier alpha value is -2.04. The molecule has 0 fully saturated rings. The van der Waals surface area contributed by atoms with E-state index in [0.29, 0.717) is 17.4 Å². The maximum absolute atomic E-state index is 11.8. The van der Waals surface area contributed by atoms with Crippen LogP contribution in [0, 0.1) is 5.92 Å². The number of aliphatic carboxylic acids is 1. The number of rotatable bonds is 5. The normalized spacial score (nSPS) is 12.1. The average Bonchev–Trinajstić information content (AvgIpc) is 2.37. The van der Waals surface area contributed by atoms with E-state index in [1.807, 2.05) is 19.9 Å². The summed E-state index contributed by atoms with van der Waals surface area (Å²) in [7, 11) is 1.50. The number of benzene rings is 1. The molecule has 0 saturated carbocycles. The van der Waals surface area contributed by atoms with Gasteiger partial charge >= 0.3 is 5.97 Å². The number of ether oxygens (including phenoxy) is 1. The van der Waals surface area contributed by atoms with Gasteiger partial charge in [0.15, 0.2) is 0 Å². The van der Waals surface area contributed by atoms with Crippen molar-refractivity contribution in [2.75, 3.05) is 12.4 Å². The lowest BCUT2D eigenvalue weighted by Gasteiger charge is -2.14. The molecule has 0 aliphatic rings. The second kappa shape index (κ2) is 6.22. The van der Waals surface area contributed by atoms with Gasteiger partial charge in [-0.3, -0.25) is 9.59 Å². The minimum absolute atomic E-state index is 0.304. The summed E-state index contributed by atoms with van der Waals surface area (Å²) in [6.45, 7) is 5.41. The summed E-state index contributed by atoms with van der Waals surface area (Å²) in [5.41, 5.74) is 1.53. The Kier molecular flexibility index (Phi) is 4.92. The molecule has 5 nitrogen and oxygen atoms in total. The number of carbonyl (C=O) groups is 2. The van der Waals surface area contributed by atoms with Gasteiger partial charge in [0.25, 0.3) is 0 Å². The molecule has 1 unspecified atom stereocenters. The molecule has 19 heavy (non-hydrogen) atoms. The smallest absolute Gasteiger partial charge is 0.315 e. The lowest BCUT2D eigenvalue weighted by atomic mass is 10.0. The van der Waals surface area contributed by atoms with Crippen LogP contribution in [-0.2, 0) is 9.59 Å². The number of carbonyl (C=O) groups excluding carboxylic acids is 1. The van der Waals surface area contributed by atoms with Crippen LogP contribution in [0.15, 0.2) is 18.2 Å². The van der Waals surface area contributed by atoms with E-state index in [2.05, 4.69) is 5.32 Å². The van der Waals surface area contributed by atoms with Crippen LogP contribution in [-0.4, -0.2) is 24.1 Å². The molecule has 1 rings (SSSR count). The summed E-state index contributed by atoms with van der Waals surface area (Å²) >= 11 is 0. The number of nitrogens with one attached hydrogen (secondary N) is 1. The van der Waals surface area contributed by atoms with Crippen LogP contribution < -0.4 is 10.1 Å². The zero-order valence-electron chi connectivity index (χ0n) is 11.6. The summed E-state index contributed by atoms with van der Waals surface area (Å²) < 4.78 is 5.16. The van der Waals surface area contributed by atoms with Crippen LogP contribution in [0.2, 0.25) is 0 Å². The number of carboxylic acid groups (broad SMARTS) is 1. The van der Waals surface area contributed by atoms with Crippen molar-refractivity contribution in [1.82, 2.24) is 0 Å². The van der Waals surface area contributed by atoms with Crippen molar-refractivity contribution in [3.05, 3.63) is 23.8 Å². The van der Waals surface area contributed by atoms with Crippen LogP contribution in [0.3, 0.4) is 0 Å². The topological polar surface area (TPSA) is 75.6 Å². The van der Waals surface area contributed by atoms with Gasteiger partial charge < -0.3 is 15.2 Å². The number of amides is 1. The van der Waals surface area contributed by atoms with Gasteiger partial charge in [-0.2, -0.15) is 0 Å². The molecule has 0 heterocycles. The van der Waals surface area contributed by atoms with Gasteiger partial charge in [-0.1, -0.05) is 19.9 Å². The first-order valence-electron chi connectivity index (χ1n) is 6.08. The van der Waals surface area contributed by atoms with E-state index in [4.69, 9.17) is 9.84 Å². The second-order valence-corrected chi connectivity index (χ2v) is 4.66. The Morgan fingerprint density at radius 2 is 1.89 bits per heavy atom. The number of hydrogen-bond acceptors (Lipinski definition) is 3. The molecule has 2 N–H and O–H groups in total. The van der Waals surface area contributed by atoms with E-state index in [9.17, 15) is 9.59 Å². The molecule has 0 aliphatic carbocycles. The van der Waals surface area contributed by atoms with E-state index in [1.54, 1.807) is 12.1 Å². The second-order valence-electron chi connectivity index (χ2n) is 4.66. The molecule has 0 aromatic heterocycles. The van der Waals surface area contributed by atoms with E-state index in [-0.39, 0.29) is 0 Å². The van der Waals surface area contributed by atoms with Crippen LogP contribution in [0.25, 0.3) is 0 Å². The van der Waals surface area contributed by atoms with E-state index in [1.165, 1.54) is 14.0 Å². The van der Waals surface area contributed by atoms with Crippen molar-refractivity contribution in [2.24, 2.45) is 5.92 Å². The van der Waals surface area contributed by atoms with Gasteiger partial charge in [0.05, 0.1) is 12.8 Å². The molecular formula is C14H19NO4. The first kappa shape index (κ1) is 15.0. The molecule has 0 saturated heterocycles. The highest BCUT2D eigenvalue weighted by atomic mass is 16.5. The third kappa shape index (κ3) is 3.71. The summed E-state index contributed by atoms with van der Waals surface area (Å²) in [5, 5.41) is 11.4. The molecule has 1 aromatic carbocycles. The third-order valence-electron chi connectivity index (χ3n) is 2.91. The number of carboxylic acids is 1. The number of methoxy groups -OCH3 is 1. The summed E-state index contributed by atoms with van der Waals surface area (Å²) in [6.07, 6.45) is 0. The van der Waals surface area contributed by atoms with Gasteiger partial charge in [-0.15, -0.1) is 0 Å². The molecule has 1 atom stereocenters. The van der Waals surface area contributed by atoms with Gasteiger partial charge in [-0.05, 0) is 30.5 Å². The van der Waals surface area contributed by atoms with Gasteiger partial charge in [0, 0.05) is 0 Å². The van der Waals surface area contributed by atoms with Crippen molar-refractivity contribution in [3.8, 4) is 5.75 Å². The first-order chi connectivity index (χ1) is 8.86. The third-order valence-corrected chi connectivity index (χ3v) is 2.91. The fourth-order valence-corrected chi connectivity index (χ4v) is 1.54. The monoisotopic (exact) mass is 265 g/mol. The molecule has 0 spiro atoms. The highest BCUT2D eigenvalue weighted by Gasteiger charge is 2.21. The van der Waals surface area contributed by atoms with Gasteiger partial charge in [-0.25, -0.2) is 0 Å². The Morgan fingerprint density at radius 1 is 1.26 bits per heavy atom. The molecular weight excluding hydrogens is 246 g/mol. The minimum Gasteiger partial charge on any atom is -0.495 e. The van der Waals surface area contributed by atoms with Crippen molar-refractivity contribution >= 4 is 17.6 Å². The zero-order chi connectivity index (χ0) is 14.6. The number of anilines is 1. The molecule has 0 bridgehead atoms. The Balaban J connectivity index is 3.01. The first-order valence-corrected chi connectivity index (χ1v) is 6.08. The van der Waals surface area contributed by atoms with Crippen molar-refractivity contribution in [2.45, 2.75) is 26.7 Å². The SMILES string of the molecule is COc1ccc(C(C)C)cc1NC(=O)C(C)C(=O)O. The predicted molar refractivity (Wildman–Crippen MR) is 72.5 cm³/mol. The summed E-state index contributed by atoms with van der Waals surface area (Å²) in [4.78, 5) is 22.5. The minimum atomic E-state index is -1.16. The average molecular weight is 265 g/mol. The molecule has 0 radical (unpaired) electrons. The Morgan fingerprint density at radius 3 is 2.37 bits per heavy atom. The maximum atomic E-state index is 11.8. The van der Waals surface area contributed by atoms with E-state index < -0.39 is 17.8 Å². The van der Waals surface area contributed by atoms with Crippen LogP contribution >= 0.6 is 0 Å². The predicted octanol–water partition coefficient (Wildman–Crippen LogP) is 2.48. The van der Waals surface area contributed by atoms with Crippen LogP contribution in [0.4, 0.5) is 5.69 Å². The number of hydrogen-bond donors (Lipinski definition) is 2. The van der Waals surface area contributed by atoms with Crippen LogP contribution in [0.1, 0.15) is 32.3 Å². The summed E-state index contributed by atoms with van der Waals surface area (Å²) in [5.74, 6) is -2.01. The standard InChI is InChI=1S/C14H19NO4/c1-8(2)10-5-6-12(19-4)11(7-10)15-13(16)9(3)14(17)18/h5-9H,1-4H3,(H,15,16)(H,17,18). The Labute approximate surface area is 112 Å². The molecule has 1 amide bonds. The summed E-state index contributed by atoms with van der Waals surface area (Å²) in [6, 6.07) is 5.48. The molecule has 1 aromatic rings. The van der Waals surface area contributed by atoms with E-state index in [0.717, 1.165) is 5.56 Å². The largest absolute Gasteiger partial charge is 0.495 e. The highest BCUT2D eigenvalue weighted by Crippen LogP contribution is 2.29. The lowest BCUT2D eigenvalue weighted by molar-refractivity contribution is -0.144. The quantitative estimate of drug-likeness (QED) is 0.802. The highest BCUT2D eigenvalue weighted by molar-refractivity contribution is 6.04.